The topological polar surface area (TPSA) is 72.9 Å². The highest BCUT2D eigenvalue weighted by molar-refractivity contribution is 5.74. The number of benzene rings is 1. The third-order valence-electron chi connectivity index (χ3n) is 4.63. The van der Waals surface area contributed by atoms with Gasteiger partial charge in [-0.2, -0.15) is 0 Å². The minimum Gasteiger partial charge on any atom is -0.398 e. The first-order chi connectivity index (χ1) is 10.2. The monoisotopic (exact) mass is 284 g/mol. The van der Waals surface area contributed by atoms with Crippen molar-refractivity contribution in [2.24, 2.45) is 0 Å². The molecule has 1 aliphatic heterocycles. The molecule has 1 aromatic heterocycles. The van der Waals surface area contributed by atoms with E-state index >= 15 is 0 Å². The molecule has 1 unspecified atom stereocenters. The molecular formula is C15H20N6. The lowest BCUT2D eigenvalue weighted by Gasteiger charge is -2.16. The number of nitrogens with two attached hydrogens (primary N) is 1. The van der Waals surface area contributed by atoms with Crippen molar-refractivity contribution in [2.75, 3.05) is 18.8 Å². The summed E-state index contributed by atoms with van der Waals surface area (Å²) in [5.74, 6) is 0.799. The highest BCUT2D eigenvalue weighted by Crippen LogP contribution is 2.35. The fraction of sp³-hybridized carbons (Fsp3) is 0.533. The Hall–Kier alpha value is -1.95. The van der Waals surface area contributed by atoms with Gasteiger partial charge in [0.25, 0.3) is 0 Å². The van der Waals surface area contributed by atoms with Gasteiger partial charge in [-0.15, -0.1) is 5.10 Å². The number of aromatic nitrogens is 4. The van der Waals surface area contributed by atoms with Crippen LogP contribution in [0.3, 0.4) is 0 Å². The average Bonchev–Trinajstić information content (AvgIpc) is 3.00. The molecule has 0 spiro atoms. The lowest BCUT2D eigenvalue weighted by atomic mass is 10.1. The zero-order valence-corrected chi connectivity index (χ0v) is 12.2. The van der Waals surface area contributed by atoms with Gasteiger partial charge in [0.1, 0.15) is 0 Å². The largest absolute Gasteiger partial charge is 0.398 e. The van der Waals surface area contributed by atoms with E-state index in [0.29, 0.717) is 6.04 Å². The lowest BCUT2D eigenvalue weighted by Crippen LogP contribution is -2.24. The maximum atomic E-state index is 6.15. The predicted octanol–water partition coefficient (Wildman–Crippen LogP) is 1.64. The minimum absolute atomic E-state index is 0.356. The standard InChI is InChI=1S/C15H20N6/c1-10-3-2-4-13(16)14(10)15-17-18-19-21(15)12-7-8-20(9-12)11-5-6-11/h2-4,11-12H,5-9,16H2,1H3. The van der Waals surface area contributed by atoms with Crippen LogP contribution >= 0.6 is 0 Å². The van der Waals surface area contributed by atoms with Crippen molar-refractivity contribution in [2.45, 2.75) is 38.3 Å². The quantitative estimate of drug-likeness (QED) is 0.867. The van der Waals surface area contributed by atoms with E-state index in [2.05, 4.69) is 33.4 Å². The van der Waals surface area contributed by atoms with E-state index in [1.807, 2.05) is 16.8 Å². The van der Waals surface area contributed by atoms with Crippen LogP contribution in [0.15, 0.2) is 18.2 Å². The first-order valence-corrected chi connectivity index (χ1v) is 7.61. The van der Waals surface area contributed by atoms with E-state index in [1.54, 1.807) is 0 Å². The van der Waals surface area contributed by atoms with Gasteiger partial charge in [-0.05, 0) is 48.2 Å². The minimum atomic E-state index is 0.356. The third-order valence-corrected chi connectivity index (χ3v) is 4.63. The third kappa shape index (κ3) is 2.19. The van der Waals surface area contributed by atoms with Crippen molar-refractivity contribution >= 4 is 5.69 Å². The van der Waals surface area contributed by atoms with Gasteiger partial charge in [-0.25, -0.2) is 4.68 Å². The van der Waals surface area contributed by atoms with Gasteiger partial charge in [0, 0.05) is 30.4 Å². The number of nitrogens with zero attached hydrogens (tertiary/aromatic N) is 5. The Morgan fingerprint density at radius 1 is 1.19 bits per heavy atom. The van der Waals surface area contributed by atoms with E-state index in [0.717, 1.165) is 48.2 Å². The Morgan fingerprint density at radius 3 is 2.81 bits per heavy atom. The summed E-state index contributed by atoms with van der Waals surface area (Å²) in [5.41, 5.74) is 8.96. The maximum absolute atomic E-state index is 6.15. The Balaban J connectivity index is 1.68. The zero-order valence-electron chi connectivity index (χ0n) is 12.2. The van der Waals surface area contributed by atoms with Crippen LogP contribution in [0, 0.1) is 6.92 Å². The molecule has 110 valence electrons. The molecule has 6 heteroatoms. The molecule has 21 heavy (non-hydrogen) atoms. The first-order valence-electron chi connectivity index (χ1n) is 7.61. The lowest BCUT2D eigenvalue weighted by molar-refractivity contribution is 0.309. The van der Waals surface area contributed by atoms with E-state index in [-0.39, 0.29) is 0 Å². The molecule has 1 saturated carbocycles. The van der Waals surface area contributed by atoms with Gasteiger partial charge in [0.2, 0.25) is 0 Å². The SMILES string of the molecule is Cc1cccc(N)c1-c1nnnn1C1CCN(C2CC2)C1. The van der Waals surface area contributed by atoms with Crippen molar-refractivity contribution in [3.63, 3.8) is 0 Å². The van der Waals surface area contributed by atoms with E-state index in [1.165, 1.54) is 12.8 Å². The molecule has 2 N–H and O–H groups in total. The van der Waals surface area contributed by atoms with Crippen molar-refractivity contribution < 1.29 is 0 Å². The average molecular weight is 284 g/mol. The highest BCUT2D eigenvalue weighted by atomic mass is 15.6. The fourth-order valence-corrected chi connectivity index (χ4v) is 3.34. The summed E-state index contributed by atoms with van der Waals surface area (Å²) in [6, 6.07) is 7.09. The molecule has 1 atom stereocenters. The Bertz CT molecular complexity index is 640. The van der Waals surface area contributed by atoms with Crippen LogP contribution in [0.4, 0.5) is 5.69 Å². The predicted molar refractivity (Wildman–Crippen MR) is 80.7 cm³/mol. The second-order valence-corrected chi connectivity index (χ2v) is 6.15. The van der Waals surface area contributed by atoms with Crippen LogP contribution < -0.4 is 5.73 Å². The molecule has 4 rings (SSSR count). The van der Waals surface area contributed by atoms with E-state index in [4.69, 9.17) is 5.73 Å². The molecule has 2 aliphatic rings. The van der Waals surface area contributed by atoms with Crippen LogP contribution in [-0.2, 0) is 0 Å². The van der Waals surface area contributed by atoms with Crippen molar-refractivity contribution in [3.8, 4) is 11.4 Å². The number of rotatable bonds is 3. The summed E-state index contributed by atoms with van der Waals surface area (Å²) in [5, 5.41) is 12.4. The number of tetrazole rings is 1. The van der Waals surface area contributed by atoms with Gasteiger partial charge in [-0.3, -0.25) is 4.90 Å². The number of anilines is 1. The van der Waals surface area contributed by atoms with Gasteiger partial charge in [0.15, 0.2) is 5.82 Å². The molecule has 1 aromatic carbocycles. The number of hydrogen-bond donors (Lipinski definition) is 1. The normalized spacial score (nSPS) is 22.8. The number of aryl methyl sites for hydroxylation is 1. The molecular weight excluding hydrogens is 264 g/mol. The second-order valence-electron chi connectivity index (χ2n) is 6.15. The van der Waals surface area contributed by atoms with Crippen LogP contribution in [0.5, 0.6) is 0 Å². The zero-order chi connectivity index (χ0) is 14.4. The van der Waals surface area contributed by atoms with Crippen molar-refractivity contribution in [1.29, 1.82) is 0 Å². The molecule has 0 radical (unpaired) electrons. The second kappa shape index (κ2) is 4.80. The van der Waals surface area contributed by atoms with Crippen LogP contribution in [0.2, 0.25) is 0 Å². The molecule has 2 fully saturated rings. The van der Waals surface area contributed by atoms with Gasteiger partial charge in [-0.1, -0.05) is 12.1 Å². The number of likely N-dealkylation sites (tertiary alicyclic amines) is 1. The fourth-order valence-electron chi connectivity index (χ4n) is 3.34. The van der Waals surface area contributed by atoms with E-state index in [9.17, 15) is 0 Å². The van der Waals surface area contributed by atoms with Crippen LogP contribution in [-0.4, -0.2) is 44.2 Å². The molecule has 1 aliphatic carbocycles. The summed E-state index contributed by atoms with van der Waals surface area (Å²) in [6.07, 6.45) is 3.81. The highest BCUT2D eigenvalue weighted by Gasteiger charge is 2.36. The first kappa shape index (κ1) is 12.8. The van der Waals surface area contributed by atoms with Crippen LogP contribution in [0.25, 0.3) is 11.4 Å². The molecule has 0 bridgehead atoms. The van der Waals surface area contributed by atoms with Gasteiger partial charge >= 0.3 is 0 Å². The smallest absolute Gasteiger partial charge is 0.184 e. The number of nitrogen functional groups attached to an aromatic ring is 1. The summed E-state index contributed by atoms with van der Waals surface area (Å²) < 4.78 is 1.97. The molecule has 2 heterocycles. The maximum Gasteiger partial charge on any atom is 0.184 e. The van der Waals surface area contributed by atoms with Crippen molar-refractivity contribution in [3.05, 3.63) is 23.8 Å². The van der Waals surface area contributed by atoms with Crippen LogP contribution in [0.1, 0.15) is 30.9 Å². The van der Waals surface area contributed by atoms with Gasteiger partial charge in [0.05, 0.1) is 6.04 Å². The number of hydrogen-bond acceptors (Lipinski definition) is 5. The molecule has 2 aromatic rings. The summed E-state index contributed by atoms with van der Waals surface area (Å²) in [7, 11) is 0. The molecule has 1 saturated heterocycles. The van der Waals surface area contributed by atoms with Gasteiger partial charge < -0.3 is 5.73 Å². The summed E-state index contributed by atoms with van der Waals surface area (Å²) in [4.78, 5) is 2.57. The Kier molecular flexibility index (Phi) is 2.92. The summed E-state index contributed by atoms with van der Waals surface area (Å²) >= 11 is 0. The Labute approximate surface area is 123 Å². The Morgan fingerprint density at radius 2 is 2.05 bits per heavy atom. The summed E-state index contributed by atoms with van der Waals surface area (Å²) in [6.45, 7) is 4.25. The molecule has 6 nitrogen and oxygen atoms in total. The molecule has 0 amide bonds. The van der Waals surface area contributed by atoms with Crippen molar-refractivity contribution in [1.82, 2.24) is 25.1 Å². The van der Waals surface area contributed by atoms with E-state index < -0.39 is 0 Å².